The average Bonchev–Trinajstić information content (AvgIpc) is 2.19. The van der Waals surface area contributed by atoms with Crippen molar-refractivity contribution in [2.45, 2.75) is 26.4 Å². The van der Waals surface area contributed by atoms with E-state index < -0.39 is 0 Å². The molecule has 0 aliphatic rings. The lowest BCUT2D eigenvalue weighted by atomic mass is 10.1. The van der Waals surface area contributed by atoms with Gasteiger partial charge in [-0.25, -0.2) is 4.39 Å². The lowest BCUT2D eigenvalue weighted by Crippen LogP contribution is -2.28. The Labute approximate surface area is 83.8 Å². The van der Waals surface area contributed by atoms with Gasteiger partial charge in [0.25, 0.3) is 0 Å². The van der Waals surface area contributed by atoms with Crippen LogP contribution in [0.2, 0.25) is 0 Å². The van der Waals surface area contributed by atoms with Crippen LogP contribution < -0.4 is 5.32 Å². The van der Waals surface area contributed by atoms with Gasteiger partial charge in [-0.15, -0.1) is 0 Å². The molecule has 1 aromatic rings. The lowest BCUT2D eigenvalue weighted by molar-refractivity contribution is 0.251. The van der Waals surface area contributed by atoms with E-state index in [1.165, 1.54) is 12.1 Å². The SMILES string of the molecule is Cc1ccc(F)cc1CN[C@H](C)CO. The van der Waals surface area contributed by atoms with Crippen molar-refractivity contribution < 1.29 is 9.50 Å². The molecule has 1 rings (SSSR count). The molecule has 0 radical (unpaired) electrons. The molecular formula is C11H16FNO. The first-order valence-corrected chi connectivity index (χ1v) is 4.72. The predicted octanol–water partition coefficient (Wildman–Crippen LogP) is 1.60. The van der Waals surface area contributed by atoms with Crippen LogP contribution in [0.25, 0.3) is 0 Å². The molecule has 0 amide bonds. The summed E-state index contributed by atoms with van der Waals surface area (Å²) in [6.45, 7) is 4.51. The van der Waals surface area contributed by atoms with Gasteiger partial charge in [-0.05, 0) is 37.1 Å². The molecule has 1 aromatic carbocycles. The summed E-state index contributed by atoms with van der Waals surface area (Å²) in [7, 11) is 0. The molecular weight excluding hydrogens is 181 g/mol. The topological polar surface area (TPSA) is 32.3 Å². The monoisotopic (exact) mass is 197 g/mol. The van der Waals surface area contributed by atoms with E-state index in [9.17, 15) is 4.39 Å². The van der Waals surface area contributed by atoms with E-state index in [-0.39, 0.29) is 18.5 Å². The van der Waals surface area contributed by atoms with Crippen LogP contribution in [0.1, 0.15) is 18.1 Å². The fourth-order valence-electron chi connectivity index (χ4n) is 1.18. The molecule has 2 N–H and O–H groups in total. The van der Waals surface area contributed by atoms with E-state index in [4.69, 9.17) is 5.11 Å². The van der Waals surface area contributed by atoms with Crippen molar-refractivity contribution in [3.05, 3.63) is 35.1 Å². The second-order valence-corrected chi connectivity index (χ2v) is 3.54. The Morgan fingerprint density at radius 3 is 2.86 bits per heavy atom. The fraction of sp³-hybridized carbons (Fsp3) is 0.455. The first-order chi connectivity index (χ1) is 6.63. The molecule has 0 aliphatic carbocycles. The molecule has 0 bridgehead atoms. The number of aliphatic hydroxyl groups excluding tert-OH is 1. The molecule has 0 fully saturated rings. The summed E-state index contributed by atoms with van der Waals surface area (Å²) in [5, 5.41) is 11.9. The van der Waals surface area contributed by atoms with Gasteiger partial charge in [-0.1, -0.05) is 6.07 Å². The summed E-state index contributed by atoms with van der Waals surface area (Å²) in [6.07, 6.45) is 0. The zero-order valence-corrected chi connectivity index (χ0v) is 8.55. The maximum absolute atomic E-state index is 12.9. The lowest BCUT2D eigenvalue weighted by Gasteiger charge is -2.12. The van der Waals surface area contributed by atoms with Crippen molar-refractivity contribution in [1.29, 1.82) is 0 Å². The highest BCUT2D eigenvalue weighted by molar-refractivity contribution is 5.26. The highest BCUT2D eigenvalue weighted by Gasteiger charge is 2.02. The van der Waals surface area contributed by atoms with Crippen molar-refractivity contribution in [3.63, 3.8) is 0 Å². The van der Waals surface area contributed by atoms with Gasteiger partial charge in [0.15, 0.2) is 0 Å². The van der Waals surface area contributed by atoms with E-state index in [0.29, 0.717) is 6.54 Å². The molecule has 0 spiro atoms. The molecule has 2 nitrogen and oxygen atoms in total. The Bertz CT molecular complexity index is 301. The highest BCUT2D eigenvalue weighted by atomic mass is 19.1. The second-order valence-electron chi connectivity index (χ2n) is 3.54. The summed E-state index contributed by atoms with van der Waals surface area (Å²) in [5.74, 6) is -0.218. The molecule has 0 unspecified atom stereocenters. The summed E-state index contributed by atoms with van der Waals surface area (Å²) in [6, 6.07) is 4.77. The van der Waals surface area contributed by atoms with Crippen LogP contribution in [0.15, 0.2) is 18.2 Å². The predicted molar refractivity (Wildman–Crippen MR) is 54.5 cm³/mol. The summed E-state index contributed by atoms with van der Waals surface area (Å²) in [5.41, 5.74) is 1.99. The first-order valence-electron chi connectivity index (χ1n) is 4.72. The van der Waals surface area contributed by atoms with Crippen LogP contribution in [0, 0.1) is 12.7 Å². The number of hydrogen-bond donors (Lipinski definition) is 2. The van der Waals surface area contributed by atoms with Crippen LogP contribution >= 0.6 is 0 Å². The van der Waals surface area contributed by atoms with Gasteiger partial charge in [-0.2, -0.15) is 0 Å². The van der Waals surface area contributed by atoms with Crippen molar-refractivity contribution in [3.8, 4) is 0 Å². The number of halogens is 1. The van der Waals surface area contributed by atoms with E-state index >= 15 is 0 Å². The number of hydrogen-bond acceptors (Lipinski definition) is 2. The van der Waals surface area contributed by atoms with Gasteiger partial charge in [-0.3, -0.25) is 0 Å². The third kappa shape index (κ3) is 3.09. The Balaban J connectivity index is 2.62. The Morgan fingerprint density at radius 2 is 2.21 bits per heavy atom. The van der Waals surface area contributed by atoms with Crippen molar-refractivity contribution >= 4 is 0 Å². The first kappa shape index (κ1) is 11.1. The maximum atomic E-state index is 12.9. The van der Waals surface area contributed by atoms with E-state index in [1.807, 2.05) is 13.8 Å². The Kier molecular flexibility index (Phi) is 4.04. The average molecular weight is 197 g/mol. The zero-order valence-electron chi connectivity index (χ0n) is 8.55. The maximum Gasteiger partial charge on any atom is 0.123 e. The zero-order chi connectivity index (χ0) is 10.6. The molecule has 14 heavy (non-hydrogen) atoms. The molecule has 78 valence electrons. The van der Waals surface area contributed by atoms with E-state index in [2.05, 4.69) is 5.32 Å². The van der Waals surface area contributed by atoms with Crippen LogP contribution in [0.4, 0.5) is 4.39 Å². The minimum absolute atomic E-state index is 0.0395. The van der Waals surface area contributed by atoms with Gasteiger partial charge in [0, 0.05) is 12.6 Å². The minimum Gasteiger partial charge on any atom is -0.395 e. The quantitative estimate of drug-likeness (QED) is 0.768. The Hall–Kier alpha value is -0.930. The third-order valence-corrected chi connectivity index (χ3v) is 2.23. The number of nitrogens with one attached hydrogen (secondary N) is 1. The van der Waals surface area contributed by atoms with Crippen LogP contribution in [-0.2, 0) is 6.54 Å². The fourth-order valence-corrected chi connectivity index (χ4v) is 1.18. The van der Waals surface area contributed by atoms with Gasteiger partial charge >= 0.3 is 0 Å². The molecule has 0 saturated heterocycles. The van der Waals surface area contributed by atoms with Crippen LogP contribution in [0.3, 0.4) is 0 Å². The van der Waals surface area contributed by atoms with Crippen LogP contribution in [-0.4, -0.2) is 17.8 Å². The van der Waals surface area contributed by atoms with E-state index in [1.54, 1.807) is 6.07 Å². The van der Waals surface area contributed by atoms with Crippen molar-refractivity contribution in [2.24, 2.45) is 0 Å². The highest BCUT2D eigenvalue weighted by Crippen LogP contribution is 2.09. The largest absolute Gasteiger partial charge is 0.395 e. The van der Waals surface area contributed by atoms with Crippen molar-refractivity contribution in [2.75, 3.05) is 6.61 Å². The molecule has 0 aliphatic heterocycles. The number of rotatable bonds is 4. The second kappa shape index (κ2) is 5.08. The summed E-state index contributed by atoms with van der Waals surface area (Å²) < 4.78 is 12.9. The third-order valence-electron chi connectivity index (χ3n) is 2.23. The summed E-state index contributed by atoms with van der Waals surface area (Å²) >= 11 is 0. The van der Waals surface area contributed by atoms with Crippen molar-refractivity contribution in [1.82, 2.24) is 5.32 Å². The van der Waals surface area contributed by atoms with Gasteiger partial charge in [0.2, 0.25) is 0 Å². The number of aliphatic hydroxyl groups is 1. The van der Waals surface area contributed by atoms with Gasteiger partial charge < -0.3 is 10.4 Å². The summed E-state index contributed by atoms with van der Waals surface area (Å²) in [4.78, 5) is 0. The molecule has 1 atom stereocenters. The normalized spacial score (nSPS) is 12.9. The number of benzene rings is 1. The van der Waals surface area contributed by atoms with Crippen LogP contribution in [0.5, 0.6) is 0 Å². The molecule has 3 heteroatoms. The molecule has 0 aromatic heterocycles. The minimum atomic E-state index is -0.218. The Morgan fingerprint density at radius 1 is 1.50 bits per heavy atom. The standard InChI is InChI=1S/C11H16FNO/c1-8-3-4-11(12)5-10(8)6-13-9(2)7-14/h3-5,9,13-14H,6-7H2,1-2H3/t9-/m1/s1. The van der Waals surface area contributed by atoms with Gasteiger partial charge in [0.05, 0.1) is 6.61 Å². The smallest absolute Gasteiger partial charge is 0.123 e. The van der Waals surface area contributed by atoms with E-state index in [0.717, 1.165) is 11.1 Å². The van der Waals surface area contributed by atoms with Gasteiger partial charge in [0.1, 0.15) is 5.82 Å². The number of aryl methyl sites for hydroxylation is 1. The molecule has 0 heterocycles. The molecule has 0 saturated carbocycles.